The van der Waals surface area contributed by atoms with Crippen LogP contribution in [-0.2, 0) is 14.8 Å². The number of carbonyl (C=O) groups is 2. The number of rotatable bonds is 5. The minimum Gasteiger partial charge on any atom is -0.481 e. The van der Waals surface area contributed by atoms with Crippen LogP contribution in [-0.4, -0.2) is 48.8 Å². The molecule has 7 nitrogen and oxygen atoms in total. The second-order valence-corrected chi connectivity index (χ2v) is 9.03. The molecule has 1 aliphatic carbocycles. The lowest BCUT2D eigenvalue weighted by molar-refractivity contribution is -0.145. The minimum atomic E-state index is -3.61. The number of aliphatic carboxylic acids is 1. The molecule has 0 radical (unpaired) electrons. The maximum absolute atomic E-state index is 12.9. The fourth-order valence-corrected chi connectivity index (χ4v) is 5.24. The van der Waals surface area contributed by atoms with Gasteiger partial charge in [0.15, 0.2) is 0 Å². The highest BCUT2D eigenvalue weighted by Crippen LogP contribution is 2.28. The van der Waals surface area contributed by atoms with Crippen LogP contribution in [0.2, 0.25) is 0 Å². The van der Waals surface area contributed by atoms with Gasteiger partial charge in [0.2, 0.25) is 10.0 Å². The zero-order valence-corrected chi connectivity index (χ0v) is 15.6. The quantitative estimate of drug-likeness (QED) is 0.810. The Bertz CT molecular complexity index is 809. The number of carboxylic acid groups (broad SMARTS) is 1. The first-order valence-electron chi connectivity index (χ1n) is 8.93. The monoisotopic (exact) mass is 380 g/mol. The number of aryl methyl sites for hydroxylation is 1. The second kappa shape index (κ2) is 7.36. The number of hydrogen-bond acceptors (Lipinski definition) is 4. The van der Waals surface area contributed by atoms with E-state index in [0.29, 0.717) is 31.5 Å². The molecule has 0 spiro atoms. The summed E-state index contributed by atoms with van der Waals surface area (Å²) in [6.07, 6.45) is 3.56. The van der Waals surface area contributed by atoms with Crippen molar-refractivity contribution < 1.29 is 23.1 Å². The van der Waals surface area contributed by atoms with Gasteiger partial charge in [-0.3, -0.25) is 9.59 Å². The SMILES string of the molecule is Cc1ccc(C(=O)NC2CC(C(=O)O)C2)cc1S(=O)(=O)N1CCCCC1. The number of hydrogen-bond donors (Lipinski definition) is 2. The van der Waals surface area contributed by atoms with Gasteiger partial charge in [-0.15, -0.1) is 0 Å². The highest BCUT2D eigenvalue weighted by atomic mass is 32.2. The lowest BCUT2D eigenvalue weighted by Gasteiger charge is -2.32. The molecule has 0 atom stereocenters. The van der Waals surface area contributed by atoms with Crippen molar-refractivity contribution in [3.8, 4) is 0 Å². The maximum atomic E-state index is 12.9. The van der Waals surface area contributed by atoms with Gasteiger partial charge in [0.25, 0.3) is 5.91 Å². The maximum Gasteiger partial charge on any atom is 0.306 e. The van der Waals surface area contributed by atoms with Gasteiger partial charge in [0, 0.05) is 24.7 Å². The molecule has 8 heteroatoms. The third-order valence-electron chi connectivity index (χ3n) is 5.21. The summed E-state index contributed by atoms with van der Waals surface area (Å²) in [6, 6.07) is 4.51. The number of carboxylic acids is 1. The number of benzene rings is 1. The first-order valence-corrected chi connectivity index (χ1v) is 10.4. The highest BCUT2D eigenvalue weighted by Gasteiger charge is 2.35. The molecule has 0 unspecified atom stereocenters. The van der Waals surface area contributed by atoms with E-state index < -0.39 is 21.9 Å². The Kier molecular flexibility index (Phi) is 5.34. The van der Waals surface area contributed by atoms with Crippen LogP contribution in [0.3, 0.4) is 0 Å². The Morgan fingerprint density at radius 2 is 1.81 bits per heavy atom. The summed E-state index contributed by atoms with van der Waals surface area (Å²) in [5.41, 5.74) is 0.895. The van der Waals surface area contributed by atoms with Crippen LogP contribution in [0.15, 0.2) is 23.1 Å². The summed E-state index contributed by atoms with van der Waals surface area (Å²) in [5.74, 6) is -1.62. The molecule has 1 heterocycles. The zero-order chi connectivity index (χ0) is 18.9. The van der Waals surface area contributed by atoms with E-state index in [0.717, 1.165) is 19.3 Å². The molecule has 1 aliphatic heterocycles. The minimum absolute atomic E-state index is 0.170. The molecule has 1 saturated heterocycles. The summed E-state index contributed by atoms with van der Waals surface area (Å²) >= 11 is 0. The summed E-state index contributed by atoms with van der Waals surface area (Å²) in [7, 11) is -3.61. The molecule has 2 fully saturated rings. The van der Waals surface area contributed by atoms with Gasteiger partial charge >= 0.3 is 5.97 Å². The average molecular weight is 380 g/mol. The molecule has 3 rings (SSSR count). The fourth-order valence-electron chi connectivity index (χ4n) is 3.47. The molecule has 1 amide bonds. The smallest absolute Gasteiger partial charge is 0.306 e. The summed E-state index contributed by atoms with van der Waals surface area (Å²) in [5, 5.41) is 11.7. The van der Waals surface area contributed by atoms with E-state index in [2.05, 4.69) is 5.32 Å². The van der Waals surface area contributed by atoms with Gasteiger partial charge in [-0.25, -0.2) is 8.42 Å². The van der Waals surface area contributed by atoms with Crippen LogP contribution in [0.4, 0.5) is 0 Å². The lowest BCUT2D eigenvalue weighted by atomic mass is 9.80. The highest BCUT2D eigenvalue weighted by molar-refractivity contribution is 7.89. The Morgan fingerprint density at radius 3 is 2.42 bits per heavy atom. The van der Waals surface area contributed by atoms with E-state index in [1.165, 1.54) is 10.4 Å². The molecular formula is C18H24N2O5S. The first kappa shape index (κ1) is 18.8. The molecule has 2 aliphatic rings. The van der Waals surface area contributed by atoms with Crippen LogP contribution >= 0.6 is 0 Å². The van der Waals surface area contributed by atoms with Crippen molar-refractivity contribution in [2.75, 3.05) is 13.1 Å². The van der Waals surface area contributed by atoms with Crippen LogP contribution in [0.1, 0.15) is 48.0 Å². The van der Waals surface area contributed by atoms with Crippen molar-refractivity contribution in [3.05, 3.63) is 29.3 Å². The number of piperidine rings is 1. The molecule has 142 valence electrons. The van der Waals surface area contributed by atoms with E-state index in [-0.39, 0.29) is 22.4 Å². The van der Waals surface area contributed by atoms with Crippen LogP contribution in [0.5, 0.6) is 0 Å². The fraction of sp³-hybridized carbons (Fsp3) is 0.556. The molecular weight excluding hydrogens is 356 g/mol. The largest absolute Gasteiger partial charge is 0.481 e. The molecule has 1 aromatic carbocycles. The number of sulfonamides is 1. The number of amides is 1. The Hall–Kier alpha value is -1.93. The van der Waals surface area contributed by atoms with Crippen molar-refractivity contribution in [1.29, 1.82) is 0 Å². The van der Waals surface area contributed by atoms with E-state index in [4.69, 9.17) is 5.11 Å². The lowest BCUT2D eigenvalue weighted by Crippen LogP contribution is -2.46. The summed E-state index contributed by atoms with van der Waals surface area (Å²) in [4.78, 5) is 23.4. The van der Waals surface area contributed by atoms with Gasteiger partial charge in [-0.1, -0.05) is 12.5 Å². The Labute approximate surface area is 153 Å². The van der Waals surface area contributed by atoms with Crippen molar-refractivity contribution in [1.82, 2.24) is 9.62 Å². The topological polar surface area (TPSA) is 104 Å². The molecule has 1 saturated carbocycles. The average Bonchev–Trinajstić information content (AvgIpc) is 2.58. The van der Waals surface area contributed by atoms with Crippen molar-refractivity contribution >= 4 is 21.9 Å². The zero-order valence-electron chi connectivity index (χ0n) is 14.8. The van der Waals surface area contributed by atoms with Gasteiger partial charge < -0.3 is 10.4 Å². The first-order chi connectivity index (χ1) is 12.3. The molecule has 0 bridgehead atoms. The third kappa shape index (κ3) is 3.76. The second-order valence-electron chi connectivity index (χ2n) is 7.12. The van der Waals surface area contributed by atoms with E-state index in [9.17, 15) is 18.0 Å². The summed E-state index contributed by atoms with van der Waals surface area (Å²) < 4.78 is 27.3. The van der Waals surface area contributed by atoms with Crippen molar-refractivity contribution in [2.24, 2.45) is 5.92 Å². The molecule has 0 aromatic heterocycles. The van der Waals surface area contributed by atoms with E-state index in [1.807, 2.05) is 0 Å². The molecule has 2 N–H and O–H groups in total. The van der Waals surface area contributed by atoms with Gasteiger partial charge in [-0.2, -0.15) is 4.31 Å². The van der Waals surface area contributed by atoms with Crippen LogP contribution < -0.4 is 5.32 Å². The van der Waals surface area contributed by atoms with Gasteiger partial charge in [-0.05, 0) is 50.3 Å². The normalized spacial score (nSPS) is 23.9. The number of nitrogens with zero attached hydrogens (tertiary/aromatic N) is 1. The Morgan fingerprint density at radius 1 is 1.15 bits per heavy atom. The molecule has 1 aromatic rings. The predicted octanol–water partition coefficient (Wildman–Crippen LogP) is 1.76. The molecule has 26 heavy (non-hydrogen) atoms. The van der Waals surface area contributed by atoms with Crippen LogP contribution in [0, 0.1) is 12.8 Å². The third-order valence-corrected chi connectivity index (χ3v) is 7.25. The number of carbonyl (C=O) groups excluding carboxylic acids is 1. The predicted molar refractivity (Wildman–Crippen MR) is 95.4 cm³/mol. The Balaban J connectivity index is 1.75. The summed E-state index contributed by atoms with van der Waals surface area (Å²) in [6.45, 7) is 2.75. The van der Waals surface area contributed by atoms with Crippen molar-refractivity contribution in [3.63, 3.8) is 0 Å². The van der Waals surface area contributed by atoms with E-state index >= 15 is 0 Å². The van der Waals surface area contributed by atoms with E-state index in [1.54, 1.807) is 19.1 Å². The number of nitrogens with one attached hydrogen (secondary N) is 1. The van der Waals surface area contributed by atoms with Crippen LogP contribution in [0.25, 0.3) is 0 Å². The standard InChI is InChI=1S/C18H24N2O5S/c1-12-5-6-13(17(21)19-15-9-14(10-15)18(22)23)11-16(12)26(24,25)20-7-3-2-4-8-20/h5-6,11,14-15H,2-4,7-10H2,1H3,(H,19,21)(H,22,23). The van der Waals surface area contributed by atoms with Gasteiger partial charge in [0.1, 0.15) is 0 Å². The van der Waals surface area contributed by atoms with Crippen molar-refractivity contribution in [2.45, 2.75) is 50.0 Å². The van der Waals surface area contributed by atoms with Gasteiger partial charge in [0.05, 0.1) is 10.8 Å².